The van der Waals surface area contributed by atoms with Gasteiger partial charge in [-0.25, -0.2) is 9.97 Å². The second-order valence-electron chi connectivity index (χ2n) is 3.18. The van der Waals surface area contributed by atoms with Crippen molar-refractivity contribution in [3.63, 3.8) is 0 Å². The van der Waals surface area contributed by atoms with E-state index in [1.54, 1.807) is 0 Å². The van der Waals surface area contributed by atoms with Gasteiger partial charge in [-0.05, 0) is 18.4 Å². The molecule has 0 fully saturated rings. The maximum absolute atomic E-state index is 5.98. The third-order valence-corrected chi connectivity index (χ3v) is 3.06. The SMILES string of the molecule is CSc1nc(Cl)c(N=Nc2ccccc2)c(Cl)n1. The smallest absolute Gasteiger partial charge is 0.190 e. The summed E-state index contributed by atoms with van der Waals surface area (Å²) >= 11 is 13.3. The molecule has 1 aromatic heterocycles. The summed E-state index contributed by atoms with van der Waals surface area (Å²) in [4.78, 5) is 8.09. The van der Waals surface area contributed by atoms with Gasteiger partial charge >= 0.3 is 0 Å². The minimum absolute atomic E-state index is 0.194. The average molecular weight is 299 g/mol. The molecule has 0 unspecified atom stereocenters. The Labute approximate surface area is 118 Å². The maximum atomic E-state index is 5.98. The second-order valence-corrected chi connectivity index (χ2v) is 4.67. The fraction of sp³-hybridized carbons (Fsp3) is 0.0909. The van der Waals surface area contributed by atoms with E-state index in [1.165, 1.54) is 11.8 Å². The minimum atomic E-state index is 0.194. The molecule has 0 radical (unpaired) electrons. The zero-order chi connectivity index (χ0) is 13.0. The number of rotatable bonds is 3. The Hall–Kier alpha value is -1.17. The molecule has 0 spiro atoms. The molecule has 1 heterocycles. The van der Waals surface area contributed by atoms with E-state index < -0.39 is 0 Å². The molecule has 2 aromatic rings. The van der Waals surface area contributed by atoms with Crippen LogP contribution < -0.4 is 0 Å². The van der Waals surface area contributed by atoms with Gasteiger partial charge < -0.3 is 0 Å². The van der Waals surface area contributed by atoms with Crippen LogP contribution >= 0.6 is 35.0 Å². The predicted molar refractivity (Wildman–Crippen MR) is 74.5 cm³/mol. The van der Waals surface area contributed by atoms with Crippen molar-refractivity contribution in [2.45, 2.75) is 5.16 Å². The summed E-state index contributed by atoms with van der Waals surface area (Å²) in [6.45, 7) is 0. The van der Waals surface area contributed by atoms with Crippen molar-refractivity contribution in [1.29, 1.82) is 0 Å². The third-order valence-electron chi connectivity index (χ3n) is 1.98. The van der Waals surface area contributed by atoms with Crippen LogP contribution in [0.1, 0.15) is 0 Å². The highest BCUT2D eigenvalue weighted by Crippen LogP contribution is 2.32. The molecule has 0 amide bonds. The molecule has 0 aliphatic heterocycles. The summed E-state index contributed by atoms with van der Waals surface area (Å²) in [6, 6.07) is 9.27. The first kappa shape index (κ1) is 13.3. The summed E-state index contributed by atoms with van der Waals surface area (Å²) in [5.74, 6) is 0. The maximum Gasteiger partial charge on any atom is 0.190 e. The van der Waals surface area contributed by atoms with Crippen molar-refractivity contribution < 1.29 is 0 Å². The van der Waals surface area contributed by atoms with Gasteiger partial charge in [-0.2, -0.15) is 5.11 Å². The monoisotopic (exact) mass is 298 g/mol. The number of nitrogens with zero attached hydrogens (tertiary/aromatic N) is 4. The number of hydrogen-bond donors (Lipinski definition) is 0. The standard InChI is InChI=1S/C11H8Cl2N4S/c1-18-11-14-9(12)8(10(13)15-11)17-16-7-5-3-2-4-6-7/h2-6H,1H3. The molecular weight excluding hydrogens is 291 g/mol. The molecule has 4 nitrogen and oxygen atoms in total. The number of hydrogen-bond acceptors (Lipinski definition) is 5. The van der Waals surface area contributed by atoms with Gasteiger partial charge in [0.1, 0.15) is 0 Å². The Kier molecular flexibility index (Phi) is 4.52. The van der Waals surface area contributed by atoms with Crippen molar-refractivity contribution >= 4 is 46.3 Å². The van der Waals surface area contributed by atoms with Crippen LogP contribution in [0.5, 0.6) is 0 Å². The highest BCUT2D eigenvalue weighted by Gasteiger charge is 2.10. The summed E-state index contributed by atoms with van der Waals surface area (Å²) in [6.07, 6.45) is 1.84. The minimum Gasteiger partial charge on any atom is -0.208 e. The van der Waals surface area contributed by atoms with Gasteiger partial charge in [-0.3, -0.25) is 0 Å². The molecule has 0 aliphatic rings. The van der Waals surface area contributed by atoms with Crippen molar-refractivity contribution in [2.75, 3.05) is 6.26 Å². The Morgan fingerprint density at radius 2 is 1.61 bits per heavy atom. The zero-order valence-electron chi connectivity index (χ0n) is 9.34. The van der Waals surface area contributed by atoms with Crippen molar-refractivity contribution in [3.8, 4) is 0 Å². The molecule has 0 atom stereocenters. The van der Waals surface area contributed by atoms with Crippen LogP contribution in [0.3, 0.4) is 0 Å². The highest BCUT2D eigenvalue weighted by molar-refractivity contribution is 7.98. The molecule has 0 saturated carbocycles. The van der Waals surface area contributed by atoms with Crippen LogP contribution in [-0.4, -0.2) is 16.2 Å². The molecule has 18 heavy (non-hydrogen) atoms. The topological polar surface area (TPSA) is 50.5 Å². The van der Waals surface area contributed by atoms with Gasteiger partial charge in [0.25, 0.3) is 0 Å². The Morgan fingerprint density at radius 1 is 1.00 bits per heavy atom. The molecular formula is C11H8Cl2N4S. The van der Waals surface area contributed by atoms with Gasteiger partial charge in [-0.15, -0.1) is 5.11 Å². The lowest BCUT2D eigenvalue weighted by Gasteiger charge is -2.01. The summed E-state index contributed by atoms with van der Waals surface area (Å²) in [5, 5.41) is 8.89. The van der Waals surface area contributed by atoms with Crippen LogP contribution in [0, 0.1) is 0 Å². The normalized spacial score (nSPS) is 11.1. The van der Waals surface area contributed by atoms with Crippen LogP contribution in [0.2, 0.25) is 10.3 Å². The zero-order valence-corrected chi connectivity index (χ0v) is 11.7. The van der Waals surface area contributed by atoms with E-state index in [4.69, 9.17) is 23.2 Å². The number of benzene rings is 1. The van der Waals surface area contributed by atoms with Gasteiger partial charge in [0.2, 0.25) is 0 Å². The lowest BCUT2D eigenvalue weighted by molar-refractivity contribution is 0.963. The van der Waals surface area contributed by atoms with E-state index in [9.17, 15) is 0 Å². The second kappa shape index (κ2) is 6.13. The van der Waals surface area contributed by atoms with E-state index in [2.05, 4.69) is 20.2 Å². The first-order valence-electron chi connectivity index (χ1n) is 4.94. The Morgan fingerprint density at radius 3 is 2.17 bits per heavy atom. The summed E-state index contributed by atoms with van der Waals surface area (Å²) in [5.41, 5.74) is 0.985. The van der Waals surface area contributed by atoms with Crippen molar-refractivity contribution in [2.24, 2.45) is 10.2 Å². The largest absolute Gasteiger partial charge is 0.208 e. The van der Waals surface area contributed by atoms with Crippen LogP contribution in [0.15, 0.2) is 45.7 Å². The van der Waals surface area contributed by atoms with E-state index >= 15 is 0 Å². The summed E-state index contributed by atoms with van der Waals surface area (Å²) in [7, 11) is 0. The van der Waals surface area contributed by atoms with Crippen LogP contribution in [0.25, 0.3) is 0 Å². The molecule has 1 aromatic carbocycles. The fourth-order valence-electron chi connectivity index (χ4n) is 1.16. The van der Waals surface area contributed by atoms with Crippen molar-refractivity contribution in [3.05, 3.63) is 40.6 Å². The average Bonchev–Trinajstić information content (AvgIpc) is 2.38. The van der Waals surface area contributed by atoms with E-state index in [0.717, 1.165) is 0 Å². The van der Waals surface area contributed by atoms with E-state index in [0.29, 0.717) is 10.8 Å². The van der Waals surface area contributed by atoms with Gasteiger partial charge in [0.15, 0.2) is 21.2 Å². The number of halogens is 2. The molecule has 0 bridgehead atoms. The fourth-order valence-corrected chi connectivity index (χ4v) is 2.09. The van der Waals surface area contributed by atoms with Gasteiger partial charge in [0.05, 0.1) is 5.69 Å². The third kappa shape index (κ3) is 3.19. The lowest BCUT2D eigenvalue weighted by Crippen LogP contribution is -1.87. The molecule has 2 rings (SSSR count). The van der Waals surface area contributed by atoms with E-state index in [1.807, 2.05) is 36.6 Å². The quantitative estimate of drug-likeness (QED) is 0.350. The summed E-state index contributed by atoms with van der Waals surface area (Å²) < 4.78 is 0. The van der Waals surface area contributed by atoms with Gasteiger partial charge in [0, 0.05) is 0 Å². The molecule has 0 N–H and O–H groups in total. The molecule has 7 heteroatoms. The number of thioether (sulfide) groups is 1. The predicted octanol–water partition coefficient (Wildman–Crippen LogP) is 4.92. The molecule has 92 valence electrons. The molecule has 0 aliphatic carbocycles. The molecule has 0 saturated heterocycles. The highest BCUT2D eigenvalue weighted by atomic mass is 35.5. The van der Waals surface area contributed by atoms with Gasteiger partial charge in [-0.1, -0.05) is 53.2 Å². The van der Waals surface area contributed by atoms with E-state index in [-0.39, 0.29) is 16.0 Å². The first-order chi connectivity index (χ1) is 8.70. The number of azo groups is 1. The Balaban J connectivity index is 2.32. The van der Waals surface area contributed by atoms with Crippen LogP contribution in [0.4, 0.5) is 11.4 Å². The van der Waals surface area contributed by atoms with Crippen molar-refractivity contribution in [1.82, 2.24) is 9.97 Å². The Bertz CT molecular complexity index is 552. The first-order valence-corrected chi connectivity index (χ1v) is 6.92. The number of aromatic nitrogens is 2. The van der Waals surface area contributed by atoms with Crippen LogP contribution in [-0.2, 0) is 0 Å². The lowest BCUT2D eigenvalue weighted by atomic mass is 10.3.